The Balaban J connectivity index is 1.63. The third-order valence-corrected chi connectivity index (χ3v) is 6.75. The maximum Gasteiger partial charge on any atom is 0.292 e. The number of sulfonamides is 1. The van der Waals surface area contributed by atoms with Gasteiger partial charge in [0, 0.05) is 26.2 Å². The first-order valence-corrected chi connectivity index (χ1v) is 9.18. The summed E-state index contributed by atoms with van der Waals surface area (Å²) in [6, 6.07) is 3.31. The van der Waals surface area contributed by atoms with Crippen LogP contribution >= 0.6 is 11.3 Å². The highest BCUT2D eigenvalue weighted by atomic mass is 32.2. The van der Waals surface area contributed by atoms with Gasteiger partial charge in [-0.25, -0.2) is 8.42 Å². The van der Waals surface area contributed by atoms with E-state index in [1.54, 1.807) is 22.4 Å². The van der Waals surface area contributed by atoms with Crippen molar-refractivity contribution in [2.45, 2.75) is 4.21 Å². The highest BCUT2D eigenvalue weighted by Gasteiger charge is 2.32. The molecular formula is C13H16N2O5S2. The largest absolute Gasteiger partial charge is 0.494 e. The monoisotopic (exact) mass is 344 g/mol. The van der Waals surface area contributed by atoms with Crippen molar-refractivity contribution in [2.24, 2.45) is 0 Å². The molecule has 1 aromatic rings. The molecule has 0 unspecified atom stereocenters. The van der Waals surface area contributed by atoms with Crippen LogP contribution in [-0.2, 0) is 24.3 Å². The van der Waals surface area contributed by atoms with Gasteiger partial charge in [0.2, 0.25) is 5.76 Å². The lowest BCUT2D eigenvalue weighted by Crippen LogP contribution is -2.51. The summed E-state index contributed by atoms with van der Waals surface area (Å²) in [6.07, 6.45) is 1.32. The summed E-state index contributed by atoms with van der Waals surface area (Å²) in [6.45, 7) is 2.02. The number of nitrogens with zero attached hydrogens (tertiary/aromatic N) is 2. The topological polar surface area (TPSA) is 76.2 Å². The van der Waals surface area contributed by atoms with E-state index in [1.165, 1.54) is 21.9 Å². The van der Waals surface area contributed by atoms with Crippen molar-refractivity contribution in [1.29, 1.82) is 0 Å². The maximum absolute atomic E-state index is 12.4. The van der Waals surface area contributed by atoms with Crippen LogP contribution in [-0.4, -0.2) is 62.9 Å². The maximum atomic E-state index is 12.4. The quantitative estimate of drug-likeness (QED) is 0.797. The van der Waals surface area contributed by atoms with Gasteiger partial charge in [0.25, 0.3) is 15.9 Å². The third-order valence-electron chi connectivity index (χ3n) is 3.47. The third kappa shape index (κ3) is 2.96. The fraction of sp³-hybridized carbons (Fsp3) is 0.462. The van der Waals surface area contributed by atoms with Crippen LogP contribution in [0.4, 0.5) is 0 Å². The minimum atomic E-state index is -3.45. The van der Waals surface area contributed by atoms with Gasteiger partial charge in [-0.15, -0.1) is 11.3 Å². The molecule has 2 aliphatic heterocycles. The molecule has 1 fully saturated rings. The molecule has 0 aliphatic carbocycles. The van der Waals surface area contributed by atoms with Gasteiger partial charge in [0.05, 0.1) is 0 Å². The van der Waals surface area contributed by atoms with E-state index in [4.69, 9.17) is 9.47 Å². The highest BCUT2D eigenvalue weighted by Crippen LogP contribution is 2.22. The number of rotatable bonds is 3. The van der Waals surface area contributed by atoms with E-state index in [1.807, 2.05) is 0 Å². The van der Waals surface area contributed by atoms with Crippen molar-refractivity contribution in [3.63, 3.8) is 0 Å². The average molecular weight is 344 g/mol. The van der Waals surface area contributed by atoms with Gasteiger partial charge in [0.15, 0.2) is 0 Å². The molecule has 0 N–H and O–H groups in total. The van der Waals surface area contributed by atoms with Crippen LogP contribution in [0.1, 0.15) is 0 Å². The molecule has 120 valence electrons. The fourth-order valence-corrected chi connectivity index (χ4v) is 4.87. The van der Waals surface area contributed by atoms with Crippen LogP contribution < -0.4 is 0 Å². The van der Waals surface area contributed by atoms with E-state index in [9.17, 15) is 13.2 Å². The number of carbonyl (C=O) groups is 1. The van der Waals surface area contributed by atoms with Crippen LogP contribution in [0, 0.1) is 0 Å². The predicted molar refractivity (Wildman–Crippen MR) is 79.6 cm³/mol. The van der Waals surface area contributed by atoms with Crippen LogP contribution in [0.3, 0.4) is 0 Å². The Morgan fingerprint density at radius 1 is 1.18 bits per heavy atom. The first kappa shape index (κ1) is 15.3. The molecule has 0 spiro atoms. The molecule has 2 aliphatic rings. The van der Waals surface area contributed by atoms with E-state index in [0.29, 0.717) is 30.5 Å². The number of hydrogen-bond acceptors (Lipinski definition) is 6. The fourth-order valence-electron chi connectivity index (χ4n) is 2.31. The van der Waals surface area contributed by atoms with Crippen molar-refractivity contribution in [3.8, 4) is 0 Å². The summed E-state index contributed by atoms with van der Waals surface area (Å²) in [7, 11) is -3.45. The molecule has 7 nitrogen and oxygen atoms in total. The minimum Gasteiger partial charge on any atom is -0.494 e. The Labute approximate surface area is 132 Å². The standard InChI is InChI=1S/C13H16N2O5S2/c16-13(11-10-19-7-8-20-11)14-3-5-15(6-4-14)22(17,18)12-2-1-9-21-12/h1-2,9-10H,3-8H2. The summed E-state index contributed by atoms with van der Waals surface area (Å²) < 4.78 is 36.9. The lowest BCUT2D eigenvalue weighted by atomic mass is 10.3. The second kappa shape index (κ2) is 6.27. The van der Waals surface area contributed by atoms with Crippen molar-refractivity contribution in [1.82, 2.24) is 9.21 Å². The Morgan fingerprint density at radius 2 is 1.95 bits per heavy atom. The van der Waals surface area contributed by atoms with E-state index in [-0.39, 0.29) is 24.8 Å². The first-order chi connectivity index (χ1) is 10.6. The zero-order chi connectivity index (χ0) is 15.6. The smallest absolute Gasteiger partial charge is 0.292 e. The van der Waals surface area contributed by atoms with Gasteiger partial charge in [-0.2, -0.15) is 4.31 Å². The molecule has 0 atom stereocenters. The van der Waals surface area contributed by atoms with Gasteiger partial charge in [0.1, 0.15) is 23.7 Å². The molecule has 3 heterocycles. The van der Waals surface area contributed by atoms with E-state index in [0.717, 1.165) is 0 Å². The second-order valence-electron chi connectivity index (χ2n) is 4.83. The van der Waals surface area contributed by atoms with Gasteiger partial charge in [-0.3, -0.25) is 4.79 Å². The summed E-state index contributed by atoms with van der Waals surface area (Å²) in [5.41, 5.74) is 0. The van der Waals surface area contributed by atoms with Gasteiger partial charge in [-0.05, 0) is 11.4 Å². The summed E-state index contributed by atoms with van der Waals surface area (Å²) >= 11 is 1.20. The summed E-state index contributed by atoms with van der Waals surface area (Å²) in [4.78, 5) is 13.8. The number of piperazine rings is 1. The van der Waals surface area contributed by atoms with Crippen LogP contribution in [0.2, 0.25) is 0 Å². The average Bonchev–Trinajstić information content (AvgIpc) is 3.10. The first-order valence-electron chi connectivity index (χ1n) is 6.86. The van der Waals surface area contributed by atoms with Crippen molar-refractivity contribution < 1.29 is 22.7 Å². The van der Waals surface area contributed by atoms with Crippen molar-refractivity contribution >= 4 is 27.3 Å². The molecule has 3 rings (SSSR count). The minimum absolute atomic E-state index is 0.181. The normalized spacial score (nSPS) is 20.0. The molecule has 0 aromatic carbocycles. The van der Waals surface area contributed by atoms with Gasteiger partial charge >= 0.3 is 0 Å². The number of ether oxygens (including phenoxy) is 2. The number of thiophene rings is 1. The van der Waals surface area contributed by atoms with E-state index >= 15 is 0 Å². The molecule has 0 saturated carbocycles. The predicted octanol–water partition coefficient (Wildman–Crippen LogP) is 0.469. The summed E-state index contributed by atoms with van der Waals surface area (Å²) in [5.74, 6) is -0.0753. The number of carbonyl (C=O) groups excluding carboxylic acids is 1. The molecule has 1 saturated heterocycles. The van der Waals surface area contributed by atoms with Gasteiger partial charge in [-0.1, -0.05) is 6.07 Å². The number of amides is 1. The zero-order valence-electron chi connectivity index (χ0n) is 11.8. The SMILES string of the molecule is O=C(C1=COCCO1)N1CCN(S(=O)(=O)c2cccs2)CC1. The molecular weight excluding hydrogens is 328 g/mol. The van der Waals surface area contributed by atoms with Crippen molar-refractivity contribution in [3.05, 3.63) is 29.5 Å². The molecule has 22 heavy (non-hydrogen) atoms. The molecule has 0 radical (unpaired) electrons. The Hall–Kier alpha value is -1.58. The van der Waals surface area contributed by atoms with Gasteiger partial charge < -0.3 is 14.4 Å². The van der Waals surface area contributed by atoms with Crippen LogP contribution in [0.15, 0.2) is 33.7 Å². The number of hydrogen-bond donors (Lipinski definition) is 0. The molecule has 9 heteroatoms. The Kier molecular flexibility index (Phi) is 4.37. The van der Waals surface area contributed by atoms with E-state index < -0.39 is 10.0 Å². The Morgan fingerprint density at radius 3 is 2.55 bits per heavy atom. The molecule has 1 amide bonds. The highest BCUT2D eigenvalue weighted by molar-refractivity contribution is 7.91. The Bertz CT molecular complexity index is 661. The second-order valence-corrected chi connectivity index (χ2v) is 7.94. The van der Waals surface area contributed by atoms with E-state index in [2.05, 4.69) is 0 Å². The van der Waals surface area contributed by atoms with Crippen LogP contribution in [0.5, 0.6) is 0 Å². The molecule has 1 aromatic heterocycles. The zero-order valence-corrected chi connectivity index (χ0v) is 13.4. The molecule has 0 bridgehead atoms. The van der Waals surface area contributed by atoms with Crippen molar-refractivity contribution in [2.75, 3.05) is 39.4 Å². The van der Waals surface area contributed by atoms with Crippen LogP contribution in [0.25, 0.3) is 0 Å². The lowest BCUT2D eigenvalue weighted by Gasteiger charge is -2.34. The lowest BCUT2D eigenvalue weighted by molar-refractivity contribution is -0.133. The summed E-state index contributed by atoms with van der Waals surface area (Å²) in [5, 5.41) is 1.74.